The van der Waals surface area contributed by atoms with Crippen LogP contribution in [0.2, 0.25) is 0 Å². The summed E-state index contributed by atoms with van der Waals surface area (Å²) in [5.74, 6) is -0.220. The van der Waals surface area contributed by atoms with E-state index < -0.39 is 0 Å². The summed E-state index contributed by atoms with van der Waals surface area (Å²) in [6.45, 7) is 5.31. The lowest BCUT2D eigenvalue weighted by Gasteiger charge is -2.12. The molecule has 1 nitrogen and oxygen atoms in total. The third-order valence-corrected chi connectivity index (χ3v) is 2.53. The van der Waals surface area contributed by atoms with Crippen LogP contribution in [0.3, 0.4) is 0 Å². The molecule has 1 atom stereocenters. The first kappa shape index (κ1) is 14.6. The summed E-state index contributed by atoms with van der Waals surface area (Å²) in [7, 11) is 0. The molecule has 1 aromatic rings. The molecule has 2 N–H and O–H groups in total. The number of nitrogens with two attached hydrogens (primary N) is 1. The van der Waals surface area contributed by atoms with Crippen LogP contribution in [0.4, 0.5) is 4.39 Å². The molecule has 0 spiro atoms. The molecule has 1 rings (SSSR count). The molecule has 0 saturated heterocycles. The molecule has 0 aliphatic heterocycles. The highest BCUT2D eigenvalue weighted by molar-refractivity contribution is 9.10. The van der Waals surface area contributed by atoms with E-state index in [9.17, 15) is 4.39 Å². The van der Waals surface area contributed by atoms with E-state index in [4.69, 9.17) is 5.73 Å². The quantitative estimate of drug-likeness (QED) is 0.841. The van der Waals surface area contributed by atoms with Crippen molar-refractivity contribution in [2.45, 2.75) is 19.4 Å². The molecule has 15 heavy (non-hydrogen) atoms. The van der Waals surface area contributed by atoms with E-state index in [2.05, 4.69) is 22.5 Å². The SMILES string of the molecule is C=CC[C@@H](N)c1cc(Br)cc(C)c1F.Cl. The van der Waals surface area contributed by atoms with E-state index in [-0.39, 0.29) is 24.3 Å². The summed E-state index contributed by atoms with van der Waals surface area (Å²) in [5.41, 5.74) is 6.96. The Morgan fingerprint density at radius 3 is 2.73 bits per heavy atom. The molecular formula is C11H14BrClFN. The van der Waals surface area contributed by atoms with Crippen LogP contribution in [0.5, 0.6) is 0 Å². The Labute approximate surface area is 104 Å². The molecule has 0 fully saturated rings. The fraction of sp³-hybridized carbons (Fsp3) is 0.273. The zero-order valence-electron chi connectivity index (χ0n) is 8.47. The predicted molar refractivity (Wildman–Crippen MR) is 67.8 cm³/mol. The summed E-state index contributed by atoms with van der Waals surface area (Å²) in [6, 6.07) is 3.14. The highest BCUT2D eigenvalue weighted by Crippen LogP contribution is 2.25. The number of halogens is 3. The highest BCUT2D eigenvalue weighted by Gasteiger charge is 2.12. The molecule has 0 unspecified atom stereocenters. The van der Waals surface area contributed by atoms with Crippen LogP contribution < -0.4 is 5.73 Å². The molecule has 0 aliphatic carbocycles. The minimum Gasteiger partial charge on any atom is -0.324 e. The van der Waals surface area contributed by atoms with Crippen molar-refractivity contribution >= 4 is 28.3 Å². The zero-order chi connectivity index (χ0) is 10.7. The van der Waals surface area contributed by atoms with Crippen molar-refractivity contribution < 1.29 is 4.39 Å². The smallest absolute Gasteiger partial charge is 0.130 e. The molecule has 0 heterocycles. The standard InChI is InChI=1S/C11H13BrFN.ClH/c1-3-4-10(14)9-6-8(12)5-7(2)11(9)13;/h3,5-6,10H,1,4,14H2,2H3;1H/t10-;/m1./s1. The Bertz CT molecular complexity index is 355. The van der Waals surface area contributed by atoms with Crippen molar-refractivity contribution in [1.29, 1.82) is 0 Å². The van der Waals surface area contributed by atoms with Crippen LogP contribution in [0, 0.1) is 12.7 Å². The Morgan fingerprint density at radius 2 is 2.20 bits per heavy atom. The molecule has 0 aromatic heterocycles. The fourth-order valence-electron chi connectivity index (χ4n) is 1.33. The third-order valence-electron chi connectivity index (χ3n) is 2.07. The minimum atomic E-state index is -0.316. The minimum absolute atomic E-state index is 0. The number of rotatable bonds is 3. The molecule has 84 valence electrons. The third kappa shape index (κ3) is 3.59. The van der Waals surface area contributed by atoms with Crippen LogP contribution in [0.1, 0.15) is 23.6 Å². The highest BCUT2D eigenvalue weighted by atomic mass is 79.9. The largest absolute Gasteiger partial charge is 0.324 e. The van der Waals surface area contributed by atoms with E-state index in [0.717, 1.165) is 4.47 Å². The van der Waals surface area contributed by atoms with E-state index >= 15 is 0 Å². The first-order valence-corrected chi connectivity index (χ1v) is 5.17. The molecular weight excluding hydrogens is 280 g/mol. The number of benzene rings is 1. The Balaban J connectivity index is 0.00000196. The van der Waals surface area contributed by atoms with Crippen molar-refractivity contribution in [3.8, 4) is 0 Å². The predicted octanol–water partition coefficient (Wildman–Crippen LogP) is 3.89. The lowest BCUT2D eigenvalue weighted by Crippen LogP contribution is -2.11. The van der Waals surface area contributed by atoms with Gasteiger partial charge in [0, 0.05) is 16.1 Å². The summed E-state index contributed by atoms with van der Waals surface area (Å²) in [4.78, 5) is 0. The number of aryl methyl sites for hydroxylation is 1. The van der Waals surface area contributed by atoms with Gasteiger partial charge in [0.1, 0.15) is 5.82 Å². The lowest BCUT2D eigenvalue weighted by atomic mass is 10.0. The van der Waals surface area contributed by atoms with E-state index in [1.807, 2.05) is 0 Å². The Hall–Kier alpha value is -0.380. The molecule has 1 aromatic carbocycles. The molecule has 0 aliphatic rings. The van der Waals surface area contributed by atoms with Gasteiger partial charge in [0.05, 0.1) is 0 Å². The van der Waals surface area contributed by atoms with Gasteiger partial charge in [0.15, 0.2) is 0 Å². The second-order valence-corrected chi connectivity index (χ2v) is 4.17. The molecule has 0 bridgehead atoms. The Kier molecular flexibility index (Phi) is 6.10. The van der Waals surface area contributed by atoms with E-state index in [0.29, 0.717) is 17.5 Å². The van der Waals surface area contributed by atoms with Gasteiger partial charge in [0.2, 0.25) is 0 Å². The summed E-state index contributed by atoms with van der Waals surface area (Å²) >= 11 is 3.32. The summed E-state index contributed by atoms with van der Waals surface area (Å²) in [6.07, 6.45) is 2.27. The topological polar surface area (TPSA) is 26.0 Å². The van der Waals surface area contributed by atoms with E-state index in [1.165, 1.54) is 0 Å². The lowest BCUT2D eigenvalue weighted by molar-refractivity contribution is 0.575. The zero-order valence-corrected chi connectivity index (χ0v) is 10.9. The van der Waals surface area contributed by atoms with Gasteiger partial charge in [-0.1, -0.05) is 22.0 Å². The Morgan fingerprint density at radius 1 is 1.60 bits per heavy atom. The number of hydrogen-bond acceptors (Lipinski definition) is 1. The van der Waals surface area contributed by atoms with Gasteiger partial charge in [-0.15, -0.1) is 19.0 Å². The monoisotopic (exact) mass is 293 g/mol. The average Bonchev–Trinajstić information content (AvgIpc) is 2.11. The van der Waals surface area contributed by atoms with Gasteiger partial charge < -0.3 is 5.73 Å². The second kappa shape index (κ2) is 6.26. The number of hydrogen-bond donors (Lipinski definition) is 1. The fourth-order valence-corrected chi connectivity index (χ4v) is 1.92. The van der Waals surface area contributed by atoms with Crippen LogP contribution in [0.15, 0.2) is 29.3 Å². The average molecular weight is 295 g/mol. The maximum atomic E-state index is 13.6. The molecule has 0 saturated carbocycles. The maximum Gasteiger partial charge on any atom is 0.130 e. The van der Waals surface area contributed by atoms with Crippen LogP contribution in [-0.4, -0.2) is 0 Å². The van der Waals surface area contributed by atoms with Gasteiger partial charge in [0.25, 0.3) is 0 Å². The molecule has 0 amide bonds. The maximum absolute atomic E-state index is 13.6. The van der Waals surface area contributed by atoms with Crippen molar-refractivity contribution in [2.24, 2.45) is 5.73 Å². The van der Waals surface area contributed by atoms with E-state index in [1.54, 1.807) is 25.1 Å². The van der Waals surface area contributed by atoms with Gasteiger partial charge in [-0.3, -0.25) is 0 Å². The van der Waals surface area contributed by atoms with Crippen molar-refractivity contribution in [3.05, 3.63) is 46.2 Å². The normalized spacial score (nSPS) is 11.7. The van der Waals surface area contributed by atoms with Gasteiger partial charge >= 0.3 is 0 Å². The van der Waals surface area contributed by atoms with Gasteiger partial charge in [-0.2, -0.15) is 0 Å². The van der Waals surface area contributed by atoms with Crippen LogP contribution >= 0.6 is 28.3 Å². The first-order valence-electron chi connectivity index (χ1n) is 4.38. The van der Waals surface area contributed by atoms with Crippen molar-refractivity contribution in [2.75, 3.05) is 0 Å². The molecule has 4 heteroatoms. The summed E-state index contributed by atoms with van der Waals surface area (Å²) < 4.78 is 14.5. The summed E-state index contributed by atoms with van der Waals surface area (Å²) in [5, 5.41) is 0. The molecule has 0 radical (unpaired) electrons. The second-order valence-electron chi connectivity index (χ2n) is 3.26. The van der Waals surface area contributed by atoms with Crippen LogP contribution in [-0.2, 0) is 0 Å². The van der Waals surface area contributed by atoms with Gasteiger partial charge in [-0.25, -0.2) is 4.39 Å². The first-order chi connectivity index (χ1) is 6.56. The van der Waals surface area contributed by atoms with Crippen molar-refractivity contribution in [1.82, 2.24) is 0 Å². The van der Waals surface area contributed by atoms with Crippen molar-refractivity contribution in [3.63, 3.8) is 0 Å². The van der Waals surface area contributed by atoms with Crippen LogP contribution in [0.25, 0.3) is 0 Å². The van der Waals surface area contributed by atoms with Gasteiger partial charge in [-0.05, 0) is 31.0 Å².